The number of aromatic nitrogens is 2. The van der Waals surface area contributed by atoms with Gasteiger partial charge in [0.25, 0.3) is 0 Å². The number of rotatable bonds is 4. The molecule has 1 fully saturated rings. The van der Waals surface area contributed by atoms with Gasteiger partial charge in [-0.25, -0.2) is 4.98 Å². The van der Waals surface area contributed by atoms with Crippen LogP contribution in [0.3, 0.4) is 0 Å². The molecule has 0 spiro atoms. The van der Waals surface area contributed by atoms with E-state index in [0.717, 1.165) is 23.7 Å². The maximum absolute atomic E-state index is 5.94. The molecule has 0 aliphatic carbocycles. The minimum Gasteiger partial charge on any atom is -0.372 e. The van der Waals surface area contributed by atoms with Crippen LogP contribution in [0.25, 0.3) is 4.96 Å². The first kappa shape index (κ1) is 13.1. The lowest BCUT2D eigenvalue weighted by molar-refractivity contribution is -0.122. The Morgan fingerprint density at radius 2 is 2.53 bits per heavy atom. The SMILES string of the molecule is CC1(C)CNCC(COCc2cn3ccsc3n2)O1. The molecule has 1 unspecified atom stereocenters. The van der Waals surface area contributed by atoms with Crippen LogP contribution in [0.5, 0.6) is 0 Å². The molecule has 1 atom stereocenters. The summed E-state index contributed by atoms with van der Waals surface area (Å²) in [5, 5.41) is 5.39. The highest BCUT2D eigenvalue weighted by Gasteiger charge is 2.28. The predicted molar refractivity (Wildman–Crippen MR) is 74.5 cm³/mol. The van der Waals surface area contributed by atoms with E-state index in [1.807, 2.05) is 22.2 Å². The second-order valence-electron chi connectivity index (χ2n) is 5.47. The quantitative estimate of drug-likeness (QED) is 0.926. The largest absolute Gasteiger partial charge is 0.372 e. The van der Waals surface area contributed by atoms with Crippen LogP contribution >= 0.6 is 11.3 Å². The van der Waals surface area contributed by atoms with Crippen molar-refractivity contribution in [1.29, 1.82) is 0 Å². The van der Waals surface area contributed by atoms with Gasteiger partial charge in [0.1, 0.15) is 0 Å². The highest BCUT2D eigenvalue weighted by molar-refractivity contribution is 7.15. The van der Waals surface area contributed by atoms with Crippen LogP contribution in [-0.2, 0) is 16.1 Å². The number of nitrogens with one attached hydrogen (secondary N) is 1. The molecular formula is C13H19N3O2S. The lowest BCUT2D eigenvalue weighted by Gasteiger charge is -2.36. The van der Waals surface area contributed by atoms with Gasteiger partial charge in [0.2, 0.25) is 0 Å². The van der Waals surface area contributed by atoms with E-state index in [-0.39, 0.29) is 11.7 Å². The minimum absolute atomic E-state index is 0.108. The zero-order valence-corrected chi connectivity index (χ0v) is 12.1. The molecule has 1 aliphatic rings. The molecule has 104 valence electrons. The maximum atomic E-state index is 5.94. The first-order valence-corrected chi connectivity index (χ1v) is 7.38. The highest BCUT2D eigenvalue weighted by Crippen LogP contribution is 2.16. The van der Waals surface area contributed by atoms with E-state index in [9.17, 15) is 0 Å². The van der Waals surface area contributed by atoms with Gasteiger partial charge in [-0.15, -0.1) is 11.3 Å². The van der Waals surface area contributed by atoms with Crippen molar-refractivity contribution in [1.82, 2.24) is 14.7 Å². The first-order chi connectivity index (χ1) is 9.12. The smallest absolute Gasteiger partial charge is 0.193 e. The molecule has 0 aromatic carbocycles. The molecule has 0 amide bonds. The van der Waals surface area contributed by atoms with E-state index in [1.165, 1.54) is 0 Å². The average Bonchev–Trinajstić information content (AvgIpc) is 2.88. The Kier molecular flexibility index (Phi) is 3.58. The summed E-state index contributed by atoms with van der Waals surface area (Å²) >= 11 is 1.63. The first-order valence-electron chi connectivity index (χ1n) is 6.50. The van der Waals surface area contributed by atoms with Crippen molar-refractivity contribution in [2.24, 2.45) is 0 Å². The molecule has 5 nitrogen and oxygen atoms in total. The topological polar surface area (TPSA) is 47.8 Å². The molecule has 19 heavy (non-hydrogen) atoms. The van der Waals surface area contributed by atoms with E-state index in [0.29, 0.717) is 13.2 Å². The summed E-state index contributed by atoms with van der Waals surface area (Å²) in [6.07, 6.45) is 4.13. The summed E-state index contributed by atoms with van der Waals surface area (Å²) in [6, 6.07) is 0. The van der Waals surface area contributed by atoms with Crippen LogP contribution in [-0.4, -0.2) is 40.8 Å². The van der Waals surface area contributed by atoms with Crippen LogP contribution in [0, 0.1) is 0 Å². The Labute approximate surface area is 116 Å². The second-order valence-corrected chi connectivity index (χ2v) is 6.34. The molecule has 2 aromatic heterocycles. The number of thiazole rings is 1. The third kappa shape index (κ3) is 3.14. The van der Waals surface area contributed by atoms with Crippen molar-refractivity contribution >= 4 is 16.3 Å². The predicted octanol–water partition coefficient (Wildman–Crippen LogP) is 1.68. The van der Waals surface area contributed by atoms with Crippen molar-refractivity contribution < 1.29 is 9.47 Å². The molecule has 0 saturated carbocycles. The van der Waals surface area contributed by atoms with Gasteiger partial charge in [-0.3, -0.25) is 4.40 Å². The van der Waals surface area contributed by atoms with Gasteiger partial charge in [-0.2, -0.15) is 0 Å². The van der Waals surface area contributed by atoms with Crippen molar-refractivity contribution in [3.8, 4) is 0 Å². The summed E-state index contributed by atoms with van der Waals surface area (Å²) in [7, 11) is 0. The van der Waals surface area contributed by atoms with Gasteiger partial charge in [0.15, 0.2) is 4.96 Å². The molecule has 1 N–H and O–H groups in total. The number of morpholine rings is 1. The lowest BCUT2D eigenvalue weighted by Crippen LogP contribution is -2.51. The molecule has 1 saturated heterocycles. The summed E-state index contributed by atoms with van der Waals surface area (Å²) in [5.74, 6) is 0. The summed E-state index contributed by atoms with van der Waals surface area (Å²) in [6.45, 7) is 7.06. The zero-order valence-electron chi connectivity index (χ0n) is 11.3. The van der Waals surface area contributed by atoms with E-state index < -0.39 is 0 Å². The number of fused-ring (bicyclic) bond motifs is 1. The molecular weight excluding hydrogens is 262 g/mol. The van der Waals surface area contributed by atoms with E-state index in [1.54, 1.807) is 11.3 Å². The third-order valence-corrected chi connectivity index (χ3v) is 3.88. The number of hydrogen-bond donors (Lipinski definition) is 1. The van der Waals surface area contributed by atoms with Gasteiger partial charge in [0.05, 0.1) is 30.6 Å². The monoisotopic (exact) mass is 281 g/mol. The molecule has 3 rings (SSSR count). The van der Waals surface area contributed by atoms with E-state index >= 15 is 0 Å². The minimum atomic E-state index is -0.108. The number of imidazole rings is 1. The average molecular weight is 281 g/mol. The van der Waals surface area contributed by atoms with Crippen LogP contribution in [0.15, 0.2) is 17.8 Å². The number of nitrogens with zero attached hydrogens (tertiary/aromatic N) is 2. The number of hydrogen-bond acceptors (Lipinski definition) is 5. The maximum Gasteiger partial charge on any atom is 0.193 e. The van der Waals surface area contributed by atoms with Crippen molar-refractivity contribution in [2.45, 2.75) is 32.2 Å². The van der Waals surface area contributed by atoms with E-state index in [4.69, 9.17) is 9.47 Å². The fourth-order valence-electron chi connectivity index (χ4n) is 2.30. The lowest BCUT2D eigenvalue weighted by atomic mass is 10.1. The molecule has 1 aliphatic heterocycles. The van der Waals surface area contributed by atoms with Crippen LogP contribution < -0.4 is 5.32 Å². The Balaban J connectivity index is 1.49. The normalized spacial score (nSPS) is 22.9. The van der Waals surface area contributed by atoms with Crippen LogP contribution in [0.2, 0.25) is 0 Å². The van der Waals surface area contributed by atoms with Gasteiger partial charge in [0, 0.05) is 30.9 Å². The summed E-state index contributed by atoms with van der Waals surface area (Å²) in [4.78, 5) is 5.49. The fourth-order valence-corrected chi connectivity index (χ4v) is 3.02. The fraction of sp³-hybridized carbons (Fsp3) is 0.615. The van der Waals surface area contributed by atoms with Crippen molar-refractivity contribution in [3.05, 3.63) is 23.5 Å². The van der Waals surface area contributed by atoms with Gasteiger partial charge in [-0.1, -0.05) is 0 Å². The van der Waals surface area contributed by atoms with Crippen molar-refractivity contribution in [2.75, 3.05) is 19.7 Å². The van der Waals surface area contributed by atoms with Crippen LogP contribution in [0.4, 0.5) is 0 Å². The van der Waals surface area contributed by atoms with Gasteiger partial charge in [-0.05, 0) is 13.8 Å². The third-order valence-electron chi connectivity index (χ3n) is 3.11. The Hall–Kier alpha value is -0.950. The van der Waals surface area contributed by atoms with E-state index in [2.05, 4.69) is 24.1 Å². The molecule has 0 bridgehead atoms. The molecule has 0 radical (unpaired) electrons. The summed E-state index contributed by atoms with van der Waals surface area (Å²) in [5.41, 5.74) is 0.860. The Morgan fingerprint density at radius 1 is 1.63 bits per heavy atom. The molecule has 2 aromatic rings. The molecule has 6 heteroatoms. The van der Waals surface area contributed by atoms with Crippen LogP contribution in [0.1, 0.15) is 19.5 Å². The highest BCUT2D eigenvalue weighted by atomic mass is 32.1. The molecule has 3 heterocycles. The number of ether oxygens (including phenoxy) is 2. The Bertz CT molecular complexity index is 520. The second kappa shape index (κ2) is 5.20. The van der Waals surface area contributed by atoms with Gasteiger partial charge < -0.3 is 14.8 Å². The zero-order chi connectivity index (χ0) is 13.3. The van der Waals surface area contributed by atoms with Crippen molar-refractivity contribution in [3.63, 3.8) is 0 Å². The Morgan fingerprint density at radius 3 is 3.32 bits per heavy atom. The summed E-state index contributed by atoms with van der Waals surface area (Å²) < 4.78 is 13.7. The standard InChI is InChI=1S/C13H19N3O2S/c1-13(2)9-14-5-11(18-13)8-17-7-10-6-16-3-4-19-12(16)15-10/h3-4,6,11,14H,5,7-9H2,1-2H3. The van der Waals surface area contributed by atoms with Gasteiger partial charge >= 0.3 is 0 Å².